The van der Waals surface area contributed by atoms with Crippen LogP contribution in [-0.2, 0) is 0 Å². The number of H-pyrrole nitrogens is 1. The third kappa shape index (κ3) is 3.10. The number of benzene rings is 1. The lowest BCUT2D eigenvalue weighted by atomic mass is 10.2. The topological polar surface area (TPSA) is 64.4 Å². The summed E-state index contributed by atoms with van der Waals surface area (Å²) in [7, 11) is 3.21. The molecule has 0 spiro atoms. The van der Waals surface area contributed by atoms with Gasteiger partial charge in [0.15, 0.2) is 5.82 Å². The fraction of sp³-hybridized carbons (Fsp3) is 0.188. The number of nitrogens with zero attached hydrogens (tertiary/aromatic N) is 3. The van der Waals surface area contributed by atoms with Gasteiger partial charge in [0.1, 0.15) is 11.5 Å². The molecule has 0 unspecified atom stereocenters. The standard InChI is InChI=1S/C16H16N4O2S2/c1-10-6-7-24-14(10)9-17-20-15(18-19-16(20)23)12-5-4-11(21-2)8-13(12)22-3/h4-9H,1-3H3,(H,19,23)/b17-9-. The number of ether oxygens (including phenoxy) is 2. The zero-order valence-corrected chi connectivity index (χ0v) is 15.1. The average Bonchev–Trinajstić information content (AvgIpc) is 3.17. The van der Waals surface area contributed by atoms with Crippen molar-refractivity contribution in [2.75, 3.05) is 14.2 Å². The van der Waals surface area contributed by atoms with Crippen molar-refractivity contribution in [3.05, 3.63) is 44.9 Å². The molecule has 6 nitrogen and oxygen atoms in total. The molecule has 1 aromatic carbocycles. The van der Waals surface area contributed by atoms with Crippen LogP contribution < -0.4 is 9.47 Å². The number of hydrogen-bond donors (Lipinski definition) is 1. The van der Waals surface area contributed by atoms with E-state index >= 15 is 0 Å². The Labute approximate surface area is 148 Å². The summed E-state index contributed by atoms with van der Waals surface area (Å²) in [6.45, 7) is 2.04. The van der Waals surface area contributed by atoms with Gasteiger partial charge < -0.3 is 9.47 Å². The van der Waals surface area contributed by atoms with E-state index < -0.39 is 0 Å². The second-order valence-corrected chi connectivity index (χ2v) is 6.28. The van der Waals surface area contributed by atoms with Gasteiger partial charge in [-0.3, -0.25) is 0 Å². The first kappa shape index (κ1) is 16.4. The molecule has 0 aliphatic carbocycles. The predicted octanol–water partition coefficient (Wildman–Crippen LogP) is 3.88. The monoisotopic (exact) mass is 360 g/mol. The fourth-order valence-electron chi connectivity index (χ4n) is 2.18. The number of nitrogens with one attached hydrogen (secondary N) is 1. The first-order chi connectivity index (χ1) is 11.6. The second-order valence-electron chi connectivity index (χ2n) is 4.94. The Morgan fingerprint density at radius 2 is 2.12 bits per heavy atom. The van der Waals surface area contributed by atoms with Gasteiger partial charge in [-0.25, -0.2) is 5.10 Å². The van der Waals surface area contributed by atoms with Crippen molar-refractivity contribution in [2.24, 2.45) is 5.10 Å². The quantitative estimate of drug-likeness (QED) is 0.554. The summed E-state index contributed by atoms with van der Waals surface area (Å²) in [4.78, 5) is 1.07. The van der Waals surface area contributed by atoms with Crippen LogP contribution in [0.2, 0.25) is 0 Å². The molecular formula is C16H16N4O2S2. The Hall–Kier alpha value is -2.45. The van der Waals surface area contributed by atoms with Gasteiger partial charge in [0.05, 0.1) is 30.9 Å². The van der Waals surface area contributed by atoms with Gasteiger partial charge in [-0.1, -0.05) is 0 Å². The van der Waals surface area contributed by atoms with Crippen molar-refractivity contribution in [1.29, 1.82) is 0 Å². The number of thiophene rings is 1. The van der Waals surface area contributed by atoms with E-state index in [2.05, 4.69) is 15.3 Å². The minimum atomic E-state index is 0.410. The predicted molar refractivity (Wildman–Crippen MR) is 98.0 cm³/mol. The van der Waals surface area contributed by atoms with Crippen molar-refractivity contribution in [3.63, 3.8) is 0 Å². The van der Waals surface area contributed by atoms with Crippen LogP contribution in [0.5, 0.6) is 11.5 Å². The highest BCUT2D eigenvalue weighted by atomic mass is 32.1. The highest BCUT2D eigenvalue weighted by Gasteiger charge is 2.14. The lowest BCUT2D eigenvalue weighted by Gasteiger charge is -2.09. The minimum absolute atomic E-state index is 0.410. The van der Waals surface area contributed by atoms with E-state index in [0.29, 0.717) is 22.1 Å². The maximum absolute atomic E-state index is 5.44. The molecule has 2 heterocycles. The molecule has 0 atom stereocenters. The maximum atomic E-state index is 5.44. The highest BCUT2D eigenvalue weighted by Crippen LogP contribution is 2.32. The molecule has 3 rings (SSSR count). The molecule has 0 aliphatic rings. The van der Waals surface area contributed by atoms with E-state index in [0.717, 1.165) is 10.4 Å². The van der Waals surface area contributed by atoms with Gasteiger partial charge in [0.25, 0.3) is 0 Å². The SMILES string of the molecule is COc1ccc(-c2n[nH]c(=S)n2/N=C\c2sccc2C)c(OC)c1. The van der Waals surface area contributed by atoms with E-state index in [9.17, 15) is 0 Å². The molecule has 2 aromatic heterocycles. The number of rotatable bonds is 5. The van der Waals surface area contributed by atoms with Crippen LogP contribution in [0.4, 0.5) is 0 Å². The number of methoxy groups -OCH3 is 2. The summed E-state index contributed by atoms with van der Waals surface area (Å²) in [5.41, 5.74) is 1.94. The summed E-state index contributed by atoms with van der Waals surface area (Å²) in [5, 5.41) is 13.6. The molecule has 24 heavy (non-hydrogen) atoms. The first-order valence-electron chi connectivity index (χ1n) is 7.12. The van der Waals surface area contributed by atoms with E-state index in [4.69, 9.17) is 21.7 Å². The summed E-state index contributed by atoms with van der Waals surface area (Å²) in [6, 6.07) is 7.55. The molecule has 0 saturated carbocycles. The van der Waals surface area contributed by atoms with Crippen molar-refractivity contribution >= 4 is 29.8 Å². The Balaban J connectivity index is 2.06. The third-order valence-electron chi connectivity index (χ3n) is 3.49. The zero-order valence-electron chi connectivity index (χ0n) is 13.4. The van der Waals surface area contributed by atoms with Crippen LogP contribution in [-0.4, -0.2) is 35.3 Å². The lowest BCUT2D eigenvalue weighted by Crippen LogP contribution is -1.97. The molecule has 3 aromatic rings. The van der Waals surface area contributed by atoms with Crippen LogP contribution in [0.15, 0.2) is 34.7 Å². The van der Waals surface area contributed by atoms with Crippen molar-refractivity contribution in [1.82, 2.24) is 14.9 Å². The number of hydrogen-bond acceptors (Lipinski definition) is 6. The van der Waals surface area contributed by atoms with Crippen molar-refractivity contribution < 1.29 is 9.47 Å². The summed E-state index contributed by atoms with van der Waals surface area (Å²) >= 11 is 6.92. The number of aryl methyl sites for hydroxylation is 1. The van der Waals surface area contributed by atoms with Crippen LogP contribution in [0.25, 0.3) is 11.4 Å². The smallest absolute Gasteiger partial charge is 0.216 e. The Morgan fingerprint density at radius 1 is 1.29 bits per heavy atom. The summed E-state index contributed by atoms with van der Waals surface area (Å²) in [5.74, 6) is 1.91. The molecule has 0 amide bonds. The van der Waals surface area contributed by atoms with Gasteiger partial charge in [0.2, 0.25) is 4.77 Å². The van der Waals surface area contributed by atoms with E-state index in [1.807, 2.05) is 30.5 Å². The van der Waals surface area contributed by atoms with E-state index in [-0.39, 0.29) is 0 Å². The fourth-order valence-corrected chi connectivity index (χ4v) is 3.14. The van der Waals surface area contributed by atoms with Crippen molar-refractivity contribution in [3.8, 4) is 22.9 Å². The average molecular weight is 360 g/mol. The highest BCUT2D eigenvalue weighted by molar-refractivity contribution is 7.71. The Morgan fingerprint density at radius 3 is 2.79 bits per heavy atom. The molecule has 1 N–H and O–H groups in total. The van der Waals surface area contributed by atoms with Crippen LogP contribution in [0.3, 0.4) is 0 Å². The maximum Gasteiger partial charge on any atom is 0.216 e. The molecular weight excluding hydrogens is 344 g/mol. The molecule has 0 fully saturated rings. The zero-order chi connectivity index (χ0) is 17.1. The molecule has 0 aliphatic heterocycles. The Kier molecular flexibility index (Phi) is 4.77. The van der Waals surface area contributed by atoms with Gasteiger partial charge in [0, 0.05) is 6.07 Å². The van der Waals surface area contributed by atoms with Crippen LogP contribution in [0.1, 0.15) is 10.4 Å². The van der Waals surface area contributed by atoms with E-state index in [1.165, 1.54) is 5.56 Å². The van der Waals surface area contributed by atoms with Gasteiger partial charge in [-0.05, 0) is 48.3 Å². The van der Waals surface area contributed by atoms with Gasteiger partial charge >= 0.3 is 0 Å². The first-order valence-corrected chi connectivity index (χ1v) is 8.41. The molecule has 124 valence electrons. The molecule has 0 radical (unpaired) electrons. The van der Waals surface area contributed by atoms with Crippen LogP contribution in [0, 0.1) is 11.7 Å². The van der Waals surface area contributed by atoms with Crippen molar-refractivity contribution in [2.45, 2.75) is 6.92 Å². The third-order valence-corrected chi connectivity index (χ3v) is 4.71. The van der Waals surface area contributed by atoms with Crippen LogP contribution >= 0.6 is 23.6 Å². The van der Waals surface area contributed by atoms with Gasteiger partial charge in [-0.2, -0.15) is 14.9 Å². The van der Waals surface area contributed by atoms with Gasteiger partial charge in [-0.15, -0.1) is 11.3 Å². The summed E-state index contributed by atoms with van der Waals surface area (Å²) in [6.07, 6.45) is 1.78. The summed E-state index contributed by atoms with van der Waals surface area (Å²) < 4.78 is 12.7. The number of aromatic amines is 1. The van der Waals surface area contributed by atoms with E-state index in [1.54, 1.807) is 42.5 Å². The molecule has 0 saturated heterocycles. The minimum Gasteiger partial charge on any atom is -0.497 e. The largest absolute Gasteiger partial charge is 0.497 e. The number of aromatic nitrogens is 3. The second kappa shape index (κ2) is 6.98. The molecule has 0 bridgehead atoms. The molecule has 8 heteroatoms. The normalized spacial score (nSPS) is 11.1. The Bertz CT molecular complexity index is 940. The lowest BCUT2D eigenvalue weighted by molar-refractivity contribution is 0.395.